The molecule has 0 aliphatic heterocycles. The lowest BCUT2D eigenvalue weighted by Crippen LogP contribution is -1.97. The van der Waals surface area contributed by atoms with E-state index in [-0.39, 0.29) is 0 Å². The Bertz CT molecular complexity index is 129. The standard InChI is InChI=1S/C18H38N/c1-2-3-4-5-6-7-8-9-10-11-12-13-14-15-16-17-18-19/h4H,2-3,5-19H2,1H3. The molecule has 0 fully saturated rings. The van der Waals surface area contributed by atoms with Gasteiger partial charge in [-0.25, -0.2) is 0 Å². The summed E-state index contributed by atoms with van der Waals surface area (Å²) in [5, 5.41) is 0. The zero-order valence-corrected chi connectivity index (χ0v) is 13.5. The van der Waals surface area contributed by atoms with Crippen LogP contribution in [-0.4, -0.2) is 6.54 Å². The number of hydrogen-bond donors (Lipinski definition) is 1. The Kier molecular flexibility index (Phi) is 17.9. The molecular weight excluding hydrogens is 230 g/mol. The third kappa shape index (κ3) is 18.0. The van der Waals surface area contributed by atoms with Crippen LogP contribution in [-0.2, 0) is 0 Å². The van der Waals surface area contributed by atoms with Crippen LogP contribution in [0.15, 0.2) is 0 Å². The van der Waals surface area contributed by atoms with Crippen LogP contribution in [0.5, 0.6) is 0 Å². The minimum atomic E-state index is 0.871. The summed E-state index contributed by atoms with van der Waals surface area (Å²) in [6, 6.07) is 0. The smallest absolute Gasteiger partial charge is 0.00773 e. The van der Waals surface area contributed by atoms with Gasteiger partial charge in [0.05, 0.1) is 0 Å². The predicted molar refractivity (Wildman–Crippen MR) is 88.3 cm³/mol. The second-order valence-corrected chi connectivity index (χ2v) is 5.90. The third-order valence-corrected chi connectivity index (χ3v) is 3.86. The van der Waals surface area contributed by atoms with Crippen molar-refractivity contribution in [1.29, 1.82) is 0 Å². The van der Waals surface area contributed by atoms with Gasteiger partial charge >= 0.3 is 0 Å². The van der Waals surface area contributed by atoms with Gasteiger partial charge in [-0.3, -0.25) is 0 Å². The van der Waals surface area contributed by atoms with Crippen molar-refractivity contribution in [2.24, 2.45) is 5.73 Å². The Morgan fingerprint density at radius 1 is 0.579 bits per heavy atom. The van der Waals surface area contributed by atoms with Gasteiger partial charge in [-0.05, 0) is 19.4 Å². The van der Waals surface area contributed by atoms with E-state index < -0.39 is 0 Å². The molecular formula is C18H38N. The van der Waals surface area contributed by atoms with E-state index in [0.29, 0.717) is 0 Å². The predicted octanol–water partition coefficient (Wildman–Crippen LogP) is 6.02. The summed E-state index contributed by atoms with van der Waals surface area (Å²) in [5.74, 6) is 0. The molecule has 0 aromatic heterocycles. The zero-order chi connectivity index (χ0) is 14.0. The van der Waals surface area contributed by atoms with Crippen molar-refractivity contribution >= 4 is 0 Å². The Hall–Kier alpha value is -0.0400. The topological polar surface area (TPSA) is 26.0 Å². The van der Waals surface area contributed by atoms with Crippen LogP contribution in [0.1, 0.15) is 103 Å². The molecule has 0 aliphatic carbocycles. The largest absolute Gasteiger partial charge is 0.330 e. The van der Waals surface area contributed by atoms with Crippen LogP contribution in [0.3, 0.4) is 0 Å². The molecule has 115 valence electrons. The Balaban J connectivity index is 2.88. The summed E-state index contributed by atoms with van der Waals surface area (Å²) in [6.07, 6.45) is 23.4. The van der Waals surface area contributed by atoms with E-state index in [9.17, 15) is 0 Å². The molecule has 0 bridgehead atoms. The van der Waals surface area contributed by atoms with Crippen molar-refractivity contribution in [1.82, 2.24) is 0 Å². The molecule has 0 atom stereocenters. The van der Waals surface area contributed by atoms with Crippen LogP contribution < -0.4 is 5.73 Å². The second-order valence-electron chi connectivity index (χ2n) is 5.90. The monoisotopic (exact) mass is 268 g/mol. The van der Waals surface area contributed by atoms with Gasteiger partial charge in [0.2, 0.25) is 0 Å². The number of rotatable bonds is 16. The summed E-state index contributed by atoms with van der Waals surface area (Å²) in [5.41, 5.74) is 5.48. The maximum Gasteiger partial charge on any atom is -0.00773 e. The fourth-order valence-corrected chi connectivity index (χ4v) is 2.55. The van der Waals surface area contributed by atoms with Gasteiger partial charge in [-0.2, -0.15) is 0 Å². The van der Waals surface area contributed by atoms with Gasteiger partial charge in [0, 0.05) is 0 Å². The molecule has 0 spiro atoms. The van der Waals surface area contributed by atoms with Crippen LogP contribution in [0.4, 0.5) is 0 Å². The maximum atomic E-state index is 5.48. The normalized spacial score (nSPS) is 11.1. The van der Waals surface area contributed by atoms with E-state index in [2.05, 4.69) is 13.3 Å². The lowest BCUT2D eigenvalue weighted by atomic mass is 10.0. The SMILES string of the molecule is CCC[CH]CCCCCCCCCCCCCCN. The highest BCUT2D eigenvalue weighted by Gasteiger charge is 1.94. The van der Waals surface area contributed by atoms with E-state index in [0.717, 1.165) is 6.54 Å². The Morgan fingerprint density at radius 2 is 1.00 bits per heavy atom. The van der Waals surface area contributed by atoms with Crippen molar-refractivity contribution < 1.29 is 0 Å². The lowest BCUT2D eigenvalue weighted by Gasteiger charge is -2.03. The van der Waals surface area contributed by atoms with Gasteiger partial charge in [0.15, 0.2) is 0 Å². The molecule has 0 aliphatic rings. The first-order valence-corrected chi connectivity index (χ1v) is 8.93. The first kappa shape index (κ1) is 19.0. The Labute approximate surface area is 122 Å². The Morgan fingerprint density at radius 3 is 1.42 bits per heavy atom. The van der Waals surface area contributed by atoms with Crippen molar-refractivity contribution in [2.75, 3.05) is 6.54 Å². The van der Waals surface area contributed by atoms with Crippen molar-refractivity contribution in [3.63, 3.8) is 0 Å². The highest BCUT2D eigenvalue weighted by molar-refractivity contribution is 4.62. The van der Waals surface area contributed by atoms with E-state index in [4.69, 9.17) is 5.73 Å². The highest BCUT2D eigenvalue weighted by atomic mass is 14.5. The highest BCUT2D eigenvalue weighted by Crippen LogP contribution is 2.13. The van der Waals surface area contributed by atoms with Crippen molar-refractivity contribution in [3.8, 4) is 0 Å². The van der Waals surface area contributed by atoms with E-state index >= 15 is 0 Å². The first-order valence-electron chi connectivity index (χ1n) is 8.93. The van der Waals surface area contributed by atoms with Gasteiger partial charge in [0.1, 0.15) is 0 Å². The summed E-state index contributed by atoms with van der Waals surface area (Å²) < 4.78 is 0. The molecule has 1 heteroatoms. The van der Waals surface area contributed by atoms with Crippen LogP contribution in [0, 0.1) is 6.42 Å². The average molecular weight is 269 g/mol. The molecule has 19 heavy (non-hydrogen) atoms. The van der Waals surface area contributed by atoms with E-state index in [1.807, 2.05) is 0 Å². The molecule has 0 saturated heterocycles. The number of nitrogens with two attached hydrogens (primary N) is 1. The van der Waals surface area contributed by atoms with Crippen molar-refractivity contribution in [3.05, 3.63) is 6.42 Å². The quantitative estimate of drug-likeness (QED) is 0.340. The molecule has 0 rings (SSSR count). The average Bonchev–Trinajstić information content (AvgIpc) is 2.43. The summed E-state index contributed by atoms with van der Waals surface area (Å²) in [7, 11) is 0. The fourth-order valence-electron chi connectivity index (χ4n) is 2.55. The summed E-state index contributed by atoms with van der Waals surface area (Å²) in [6.45, 7) is 3.13. The first-order chi connectivity index (χ1) is 9.41. The number of unbranched alkanes of at least 4 members (excludes halogenated alkanes) is 15. The molecule has 0 heterocycles. The molecule has 0 amide bonds. The maximum absolute atomic E-state index is 5.48. The van der Waals surface area contributed by atoms with Crippen LogP contribution in [0.2, 0.25) is 0 Å². The van der Waals surface area contributed by atoms with E-state index in [1.54, 1.807) is 0 Å². The molecule has 0 unspecified atom stereocenters. The van der Waals surface area contributed by atoms with Gasteiger partial charge in [-0.15, -0.1) is 0 Å². The van der Waals surface area contributed by atoms with Crippen molar-refractivity contribution in [2.45, 2.75) is 103 Å². The fraction of sp³-hybridized carbons (Fsp3) is 0.944. The molecule has 1 nitrogen and oxygen atoms in total. The van der Waals surface area contributed by atoms with Crippen LogP contribution >= 0.6 is 0 Å². The second kappa shape index (κ2) is 18.0. The van der Waals surface area contributed by atoms with Gasteiger partial charge in [0.25, 0.3) is 0 Å². The van der Waals surface area contributed by atoms with Crippen LogP contribution in [0.25, 0.3) is 0 Å². The molecule has 0 saturated carbocycles. The van der Waals surface area contributed by atoms with Gasteiger partial charge in [-0.1, -0.05) is 96.8 Å². The summed E-state index contributed by atoms with van der Waals surface area (Å²) >= 11 is 0. The third-order valence-electron chi connectivity index (χ3n) is 3.86. The van der Waals surface area contributed by atoms with Gasteiger partial charge < -0.3 is 5.73 Å². The molecule has 1 radical (unpaired) electrons. The minimum Gasteiger partial charge on any atom is -0.330 e. The molecule has 2 N–H and O–H groups in total. The zero-order valence-electron chi connectivity index (χ0n) is 13.5. The molecule has 0 aromatic rings. The summed E-state index contributed by atoms with van der Waals surface area (Å²) in [4.78, 5) is 0. The number of hydrogen-bond acceptors (Lipinski definition) is 1. The minimum absolute atomic E-state index is 0.871. The van der Waals surface area contributed by atoms with E-state index in [1.165, 1.54) is 96.3 Å². The molecule has 0 aromatic carbocycles. The lowest BCUT2D eigenvalue weighted by molar-refractivity contribution is 0.540.